The van der Waals surface area contributed by atoms with Gasteiger partial charge in [-0.2, -0.15) is 0 Å². The first-order valence-electron chi connectivity index (χ1n) is 9.99. The largest absolute Gasteiger partial charge is 0.591 e. The number of carbonyl (C=O) groups is 1. The van der Waals surface area contributed by atoms with Crippen LogP contribution in [-0.4, -0.2) is 44.7 Å². The van der Waals surface area contributed by atoms with Gasteiger partial charge in [-0.3, -0.25) is 0 Å². The summed E-state index contributed by atoms with van der Waals surface area (Å²) in [5.74, 6) is 0.230. The highest BCUT2D eigenvalue weighted by Crippen LogP contribution is 2.59. The smallest absolute Gasteiger partial charge is 0.407 e. The maximum Gasteiger partial charge on any atom is 0.407 e. The van der Waals surface area contributed by atoms with Gasteiger partial charge < -0.3 is 14.6 Å². The molecule has 0 aromatic heterocycles. The lowest BCUT2D eigenvalue weighted by atomic mass is 9.60. The van der Waals surface area contributed by atoms with Crippen molar-refractivity contribution in [3.05, 3.63) is 35.4 Å². The van der Waals surface area contributed by atoms with Crippen molar-refractivity contribution in [2.45, 2.75) is 64.5 Å². The predicted octanol–water partition coefficient (Wildman–Crippen LogP) is 4.65. The second-order valence-electron chi connectivity index (χ2n) is 9.86. The van der Waals surface area contributed by atoms with E-state index in [0.29, 0.717) is 13.1 Å². The number of benzene rings is 1. The van der Waals surface area contributed by atoms with E-state index in [1.165, 1.54) is 16.0 Å². The summed E-state index contributed by atoms with van der Waals surface area (Å²) in [6.45, 7) is 11.3. The number of piperidine rings is 1. The average molecular weight is 405 g/mol. The van der Waals surface area contributed by atoms with Gasteiger partial charge in [-0.05, 0) is 56.6 Å². The standard InChI is InChI=1S/C22H32N2O3S/c1-20(2,3)28(27)23-15-21(4,5)18-17-9-7-6-8-16(17)14-22(18)10-12-24(13-11-22)19(25)26/h6-9,15,18H,10-14H2,1-5H3,(H,25,26)/b23-15+/t18-,28?/m1/s1. The molecular weight excluding hydrogens is 372 g/mol. The summed E-state index contributed by atoms with van der Waals surface area (Å²) in [7, 11) is 0. The highest BCUT2D eigenvalue weighted by molar-refractivity contribution is 7.91. The molecule has 2 atom stereocenters. The number of amides is 1. The van der Waals surface area contributed by atoms with E-state index >= 15 is 0 Å². The molecule has 154 valence electrons. The molecule has 1 aromatic carbocycles. The highest BCUT2D eigenvalue weighted by Gasteiger charge is 2.53. The van der Waals surface area contributed by atoms with Crippen molar-refractivity contribution in [1.82, 2.24) is 4.90 Å². The third kappa shape index (κ3) is 3.94. The monoisotopic (exact) mass is 404 g/mol. The van der Waals surface area contributed by atoms with Crippen molar-refractivity contribution in [3.8, 4) is 0 Å². The van der Waals surface area contributed by atoms with Crippen LogP contribution in [0.2, 0.25) is 0 Å². The summed E-state index contributed by atoms with van der Waals surface area (Å²) < 4.78 is 16.6. The molecule has 0 bridgehead atoms. The van der Waals surface area contributed by atoms with Crippen LogP contribution in [0.3, 0.4) is 0 Å². The molecule has 1 aliphatic heterocycles. The number of carboxylic acid groups (broad SMARTS) is 1. The van der Waals surface area contributed by atoms with Gasteiger partial charge in [0, 0.05) is 24.4 Å². The molecule has 1 fully saturated rings. The van der Waals surface area contributed by atoms with Gasteiger partial charge in [-0.25, -0.2) is 4.79 Å². The summed E-state index contributed by atoms with van der Waals surface area (Å²) in [6.07, 6.45) is 3.73. The van der Waals surface area contributed by atoms with Crippen LogP contribution >= 0.6 is 0 Å². The van der Waals surface area contributed by atoms with E-state index in [1.54, 1.807) is 0 Å². The molecule has 1 heterocycles. The lowest BCUT2D eigenvalue weighted by Crippen LogP contribution is -2.47. The normalized spacial score (nSPS) is 23.2. The summed E-state index contributed by atoms with van der Waals surface area (Å²) in [4.78, 5) is 12.9. The summed E-state index contributed by atoms with van der Waals surface area (Å²) in [6, 6.07) is 8.56. The lowest BCUT2D eigenvalue weighted by Gasteiger charge is -2.47. The number of nitrogens with zero attached hydrogens (tertiary/aromatic N) is 2. The van der Waals surface area contributed by atoms with Crippen LogP contribution in [0.1, 0.15) is 64.5 Å². The summed E-state index contributed by atoms with van der Waals surface area (Å²) >= 11 is -1.29. The Labute approximate surface area is 171 Å². The van der Waals surface area contributed by atoms with Crippen LogP contribution in [0, 0.1) is 10.8 Å². The van der Waals surface area contributed by atoms with Gasteiger partial charge in [0.1, 0.15) is 16.1 Å². The van der Waals surface area contributed by atoms with Gasteiger partial charge >= 0.3 is 6.09 Å². The number of fused-ring (bicyclic) bond motifs is 1. The Kier molecular flexibility index (Phi) is 5.58. The number of hydrogen-bond acceptors (Lipinski definition) is 3. The third-order valence-corrected chi connectivity index (χ3v) is 7.64. The molecule has 6 heteroatoms. The zero-order chi connectivity index (χ0) is 20.7. The van der Waals surface area contributed by atoms with Crippen LogP contribution in [0.25, 0.3) is 0 Å². The first-order valence-corrected chi connectivity index (χ1v) is 11.1. The van der Waals surface area contributed by atoms with Gasteiger partial charge in [-0.15, -0.1) is 0 Å². The predicted molar refractivity (Wildman–Crippen MR) is 114 cm³/mol. The first-order chi connectivity index (χ1) is 13.0. The SMILES string of the molecule is CC(C)(/C=N/[S+]([O-])C(C)(C)C)[C@H]1c2ccccc2CC12CCN(C(=O)O)CC2. The zero-order valence-electron chi connectivity index (χ0n) is 17.6. The Morgan fingerprint density at radius 3 is 2.43 bits per heavy atom. The molecule has 1 aliphatic carbocycles. The van der Waals surface area contributed by atoms with Crippen molar-refractivity contribution in [2.75, 3.05) is 13.1 Å². The molecule has 0 saturated carbocycles. The zero-order valence-corrected chi connectivity index (χ0v) is 18.4. The maximum absolute atomic E-state index is 12.5. The Hall–Kier alpha value is -1.53. The lowest BCUT2D eigenvalue weighted by molar-refractivity contribution is 0.0606. The highest BCUT2D eigenvalue weighted by atomic mass is 32.2. The van der Waals surface area contributed by atoms with Crippen LogP contribution in [0.5, 0.6) is 0 Å². The van der Waals surface area contributed by atoms with E-state index in [4.69, 9.17) is 0 Å². The molecule has 2 aliphatic rings. The van der Waals surface area contributed by atoms with E-state index in [0.717, 1.165) is 19.3 Å². The minimum Gasteiger partial charge on any atom is -0.591 e. The molecule has 1 saturated heterocycles. The fourth-order valence-electron chi connectivity index (χ4n) is 5.00. The molecule has 1 N–H and O–H groups in total. The number of hydrogen-bond donors (Lipinski definition) is 1. The second-order valence-corrected chi connectivity index (χ2v) is 11.8. The van der Waals surface area contributed by atoms with E-state index in [-0.39, 0.29) is 21.5 Å². The van der Waals surface area contributed by atoms with Crippen molar-refractivity contribution in [2.24, 2.45) is 15.2 Å². The molecule has 0 radical (unpaired) electrons. The Bertz CT molecular complexity index is 761. The molecule has 1 unspecified atom stereocenters. The quantitative estimate of drug-likeness (QED) is 0.589. The maximum atomic E-state index is 12.5. The fourth-order valence-corrected chi connectivity index (χ4v) is 5.69. The van der Waals surface area contributed by atoms with Crippen LogP contribution in [-0.2, 0) is 17.8 Å². The minimum atomic E-state index is -1.29. The molecule has 1 spiro atoms. The average Bonchev–Trinajstić information content (AvgIpc) is 2.93. The van der Waals surface area contributed by atoms with Crippen molar-refractivity contribution >= 4 is 23.7 Å². The van der Waals surface area contributed by atoms with Gasteiger partial charge in [0.25, 0.3) is 0 Å². The van der Waals surface area contributed by atoms with Crippen molar-refractivity contribution < 1.29 is 14.5 Å². The van der Waals surface area contributed by atoms with Gasteiger partial charge in [0.2, 0.25) is 0 Å². The molecule has 5 nitrogen and oxygen atoms in total. The second kappa shape index (κ2) is 7.38. The first kappa shape index (κ1) is 21.2. The Morgan fingerprint density at radius 2 is 1.86 bits per heavy atom. The van der Waals surface area contributed by atoms with Crippen LogP contribution in [0.4, 0.5) is 4.79 Å². The van der Waals surface area contributed by atoms with Gasteiger partial charge in [-0.1, -0.05) is 42.5 Å². The number of likely N-dealkylation sites (tertiary alicyclic amines) is 1. The van der Waals surface area contributed by atoms with Crippen molar-refractivity contribution in [1.29, 1.82) is 0 Å². The van der Waals surface area contributed by atoms with Crippen LogP contribution < -0.4 is 0 Å². The third-order valence-electron chi connectivity index (χ3n) is 6.30. The summed E-state index contributed by atoms with van der Waals surface area (Å²) in [5, 5.41) is 9.36. The minimum absolute atomic E-state index is 0.0222. The van der Waals surface area contributed by atoms with Crippen molar-refractivity contribution in [3.63, 3.8) is 0 Å². The van der Waals surface area contributed by atoms with Gasteiger partial charge in [0.15, 0.2) is 0 Å². The molecule has 28 heavy (non-hydrogen) atoms. The topological polar surface area (TPSA) is 76.0 Å². The number of rotatable bonds is 3. The fraction of sp³-hybridized carbons (Fsp3) is 0.636. The molecule has 3 rings (SSSR count). The van der Waals surface area contributed by atoms with E-state index in [9.17, 15) is 14.5 Å². The van der Waals surface area contributed by atoms with Gasteiger partial charge in [0.05, 0.1) is 6.21 Å². The van der Waals surface area contributed by atoms with E-state index < -0.39 is 17.5 Å². The van der Waals surface area contributed by atoms with E-state index in [1.807, 2.05) is 27.0 Å². The summed E-state index contributed by atoms with van der Waals surface area (Å²) in [5.41, 5.74) is 2.44. The van der Waals surface area contributed by atoms with E-state index in [2.05, 4.69) is 42.5 Å². The molecular formula is C22H32N2O3S. The molecule has 1 aromatic rings. The van der Waals surface area contributed by atoms with Crippen LogP contribution in [0.15, 0.2) is 28.7 Å². The Balaban J connectivity index is 1.94. The Morgan fingerprint density at radius 1 is 1.25 bits per heavy atom. The molecule has 1 amide bonds.